The Bertz CT molecular complexity index is 1090. The van der Waals surface area contributed by atoms with E-state index in [-0.39, 0.29) is 23.9 Å². The topological polar surface area (TPSA) is 98.6 Å². The molecule has 1 unspecified atom stereocenters. The Balaban J connectivity index is 1.64. The summed E-state index contributed by atoms with van der Waals surface area (Å²) in [5.41, 5.74) is 2.33. The molecule has 6 nitrogen and oxygen atoms in total. The number of carbonyl (C=O) groups excluding carboxylic acids is 1. The molecule has 0 aliphatic rings. The van der Waals surface area contributed by atoms with Gasteiger partial charge in [0.05, 0.1) is 23.1 Å². The van der Waals surface area contributed by atoms with Crippen LogP contribution in [0.15, 0.2) is 29.1 Å². The van der Waals surface area contributed by atoms with Gasteiger partial charge in [0.25, 0.3) is 5.56 Å². The van der Waals surface area contributed by atoms with Crippen LogP contribution in [0, 0.1) is 25.2 Å². The molecule has 0 saturated carbocycles. The van der Waals surface area contributed by atoms with E-state index in [9.17, 15) is 9.59 Å². The second-order valence-electron chi connectivity index (χ2n) is 6.50. The summed E-state index contributed by atoms with van der Waals surface area (Å²) in [5, 5.41) is 12.4. The Labute approximate surface area is 160 Å². The third-order valence-electron chi connectivity index (χ3n) is 4.59. The number of nitrogens with zero attached hydrogens (tertiary/aromatic N) is 2. The Morgan fingerprint density at radius 3 is 2.70 bits per heavy atom. The highest BCUT2D eigenvalue weighted by molar-refractivity contribution is 7.18. The van der Waals surface area contributed by atoms with Gasteiger partial charge in [0.2, 0.25) is 5.91 Å². The summed E-state index contributed by atoms with van der Waals surface area (Å²) in [6.07, 6.45) is 0.603. The molecule has 1 aromatic carbocycles. The van der Waals surface area contributed by atoms with Gasteiger partial charge in [-0.1, -0.05) is 12.1 Å². The highest BCUT2D eigenvalue weighted by atomic mass is 32.1. The van der Waals surface area contributed by atoms with Gasteiger partial charge < -0.3 is 10.3 Å². The van der Waals surface area contributed by atoms with E-state index in [0.717, 1.165) is 20.8 Å². The largest absolute Gasteiger partial charge is 0.350 e. The minimum atomic E-state index is -0.165. The zero-order valence-electron chi connectivity index (χ0n) is 15.4. The summed E-state index contributed by atoms with van der Waals surface area (Å²) >= 11 is 1.50. The molecule has 0 saturated heterocycles. The molecule has 2 aromatic heterocycles. The van der Waals surface area contributed by atoms with Crippen molar-refractivity contribution in [1.82, 2.24) is 15.3 Å². The van der Waals surface area contributed by atoms with Crippen LogP contribution in [0.3, 0.4) is 0 Å². The van der Waals surface area contributed by atoms with E-state index in [2.05, 4.69) is 21.4 Å². The monoisotopic (exact) mass is 380 g/mol. The first-order valence-corrected chi connectivity index (χ1v) is 9.49. The zero-order valence-corrected chi connectivity index (χ0v) is 16.2. The molecule has 0 spiro atoms. The third-order valence-corrected chi connectivity index (χ3v) is 5.70. The van der Waals surface area contributed by atoms with Crippen molar-refractivity contribution in [2.75, 3.05) is 0 Å². The van der Waals surface area contributed by atoms with E-state index < -0.39 is 0 Å². The fraction of sp³-hybridized carbons (Fsp3) is 0.300. The van der Waals surface area contributed by atoms with Crippen molar-refractivity contribution in [2.45, 2.75) is 39.7 Å². The molecule has 0 fully saturated rings. The van der Waals surface area contributed by atoms with Crippen LogP contribution in [0.4, 0.5) is 0 Å². The predicted molar refractivity (Wildman–Crippen MR) is 106 cm³/mol. The average Bonchev–Trinajstić information content (AvgIpc) is 2.94. The van der Waals surface area contributed by atoms with Crippen molar-refractivity contribution in [3.05, 3.63) is 62.0 Å². The number of aromatic amines is 1. The van der Waals surface area contributed by atoms with E-state index in [0.29, 0.717) is 23.2 Å². The van der Waals surface area contributed by atoms with Crippen molar-refractivity contribution in [3.63, 3.8) is 0 Å². The maximum absolute atomic E-state index is 12.3. The summed E-state index contributed by atoms with van der Waals surface area (Å²) in [6, 6.07) is 9.03. The molecule has 1 atom stereocenters. The Morgan fingerprint density at radius 2 is 2.04 bits per heavy atom. The van der Waals surface area contributed by atoms with E-state index in [1.807, 2.05) is 32.9 Å². The van der Waals surface area contributed by atoms with Gasteiger partial charge in [0, 0.05) is 17.7 Å². The average molecular weight is 380 g/mol. The van der Waals surface area contributed by atoms with Crippen LogP contribution in [-0.4, -0.2) is 15.9 Å². The fourth-order valence-corrected chi connectivity index (χ4v) is 3.94. The molecule has 0 radical (unpaired) electrons. The quantitative estimate of drug-likeness (QED) is 0.709. The van der Waals surface area contributed by atoms with Crippen LogP contribution in [0.1, 0.15) is 46.8 Å². The van der Waals surface area contributed by atoms with Crippen molar-refractivity contribution >= 4 is 27.5 Å². The SMILES string of the molecule is Cc1sc2nc(CCC(=O)NC(C)c3ccc(C#N)cc3)[nH]c(=O)c2c1C. The summed E-state index contributed by atoms with van der Waals surface area (Å²) in [5.74, 6) is 0.406. The lowest BCUT2D eigenvalue weighted by Gasteiger charge is -2.14. The number of nitrogens with one attached hydrogen (secondary N) is 2. The van der Waals surface area contributed by atoms with Crippen LogP contribution in [0.5, 0.6) is 0 Å². The van der Waals surface area contributed by atoms with Crippen molar-refractivity contribution in [2.24, 2.45) is 0 Å². The smallest absolute Gasteiger partial charge is 0.259 e. The van der Waals surface area contributed by atoms with Gasteiger partial charge in [0.1, 0.15) is 10.7 Å². The number of hydrogen-bond acceptors (Lipinski definition) is 5. The highest BCUT2D eigenvalue weighted by Crippen LogP contribution is 2.25. The molecule has 27 heavy (non-hydrogen) atoms. The molecule has 0 aliphatic heterocycles. The van der Waals surface area contributed by atoms with Crippen molar-refractivity contribution in [3.8, 4) is 6.07 Å². The maximum Gasteiger partial charge on any atom is 0.259 e. The van der Waals surface area contributed by atoms with E-state index in [1.54, 1.807) is 12.1 Å². The van der Waals surface area contributed by atoms with Crippen molar-refractivity contribution < 1.29 is 4.79 Å². The molecule has 3 rings (SSSR count). The summed E-state index contributed by atoms with van der Waals surface area (Å²) < 4.78 is 0. The number of aromatic nitrogens is 2. The molecule has 138 valence electrons. The molecule has 1 amide bonds. The molecule has 2 heterocycles. The lowest BCUT2D eigenvalue weighted by Crippen LogP contribution is -2.27. The molecular formula is C20H20N4O2S. The normalized spacial score (nSPS) is 11.9. The molecular weight excluding hydrogens is 360 g/mol. The Kier molecular flexibility index (Phi) is 5.38. The number of hydrogen-bond donors (Lipinski definition) is 2. The van der Waals surface area contributed by atoms with Crippen molar-refractivity contribution in [1.29, 1.82) is 5.26 Å². The number of nitriles is 1. The van der Waals surface area contributed by atoms with Gasteiger partial charge in [-0.05, 0) is 44.0 Å². The second-order valence-corrected chi connectivity index (χ2v) is 7.70. The summed E-state index contributed by atoms with van der Waals surface area (Å²) in [6.45, 7) is 5.78. The minimum Gasteiger partial charge on any atom is -0.350 e. The summed E-state index contributed by atoms with van der Waals surface area (Å²) in [4.78, 5) is 33.6. The van der Waals surface area contributed by atoms with Gasteiger partial charge in [-0.3, -0.25) is 9.59 Å². The van der Waals surface area contributed by atoms with Crippen LogP contribution >= 0.6 is 11.3 Å². The van der Waals surface area contributed by atoms with Gasteiger partial charge in [-0.25, -0.2) is 4.98 Å². The lowest BCUT2D eigenvalue weighted by atomic mass is 10.1. The van der Waals surface area contributed by atoms with Gasteiger partial charge in [0.15, 0.2) is 0 Å². The van der Waals surface area contributed by atoms with E-state index >= 15 is 0 Å². The first-order valence-electron chi connectivity index (χ1n) is 8.67. The van der Waals surface area contributed by atoms with Gasteiger partial charge in [-0.2, -0.15) is 5.26 Å². The number of rotatable bonds is 5. The van der Waals surface area contributed by atoms with Gasteiger partial charge >= 0.3 is 0 Å². The number of benzene rings is 1. The Hall–Kier alpha value is -2.98. The van der Waals surface area contributed by atoms with Crippen LogP contribution in [0.25, 0.3) is 10.2 Å². The fourth-order valence-electron chi connectivity index (χ4n) is 2.89. The highest BCUT2D eigenvalue weighted by Gasteiger charge is 2.14. The summed E-state index contributed by atoms with van der Waals surface area (Å²) in [7, 11) is 0. The number of carbonyl (C=O) groups is 1. The molecule has 0 aliphatic carbocycles. The number of fused-ring (bicyclic) bond motifs is 1. The lowest BCUT2D eigenvalue weighted by molar-refractivity contribution is -0.121. The molecule has 0 bridgehead atoms. The molecule has 2 N–H and O–H groups in total. The number of thiophene rings is 1. The van der Waals surface area contributed by atoms with Gasteiger partial charge in [-0.15, -0.1) is 11.3 Å². The minimum absolute atomic E-state index is 0.117. The molecule has 3 aromatic rings. The number of amides is 1. The maximum atomic E-state index is 12.3. The number of H-pyrrole nitrogens is 1. The van der Waals surface area contributed by atoms with Crippen LogP contribution in [-0.2, 0) is 11.2 Å². The second kappa shape index (κ2) is 7.72. The Morgan fingerprint density at radius 1 is 1.33 bits per heavy atom. The van der Waals surface area contributed by atoms with Crippen LogP contribution < -0.4 is 10.9 Å². The zero-order chi connectivity index (χ0) is 19.6. The van der Waals surface area contributed by atoms with E-state index in [4.69, 9.17) is 5.26 Å². The first-order chi connectivity index (χ1) is 12.9. The molecule has 7 heteroatoms. The first kappa shape index (κ1) is 18.8. The van der Waals surface area contributed by atoms with E-state index in [1.165, 1.54) is 11.3 Å². The number of aryl methyl sites for hydroxylation is 3. The van der Waals surface area contributed by atoms with Crippen LogP contribution in [0.2, 0.25) is 0 Å². The predicted octanol–water partition coefficient (Wildman–Crippen LogP) is 3.28. The third kappa shape index (κ3) is 4.07. The standard InChI is InChI=1S/C20H20N4O2S/c1-11-13(3)27-20-18(11)19(26)23-16(24-20)8-9-17(25)22-12(2)15-6-4-14(10-21)5-7-15/h4-7,12H,8-9H2,1-3H3,(H,22,25)(H,23,24,26).